The Morgan fingerprint density at radius 1 is 1.39 bits per heavy atom. The van der Waals surface area contributed by atoms with Crippen molar-refractivity contribution in [3.8, 4) is 0 Å². The van der Waals surface area contributed by atoms with Crippen LogP contribution in [-0.4, -0.2) is 17.8 Å². The molecule has 100 valence electrons. The van der Waals surface area contributed by atoms with Gasteiger partial charge in [-0.2, -0.15) is 0 Å². The standard InChI is InChI=1S/C15H22ClNO/c1-11-6-7-14(16)15(8-11)17-10-13(18)9-12-4-2-3-5-12/h6-8,12-13,17-18H,2-5,9-10H2,1H3. The number of rotatable bonds is 5. The summed E-state index contributed by atoms with van der Waals surface area (Å²) in [5.74, 6) is 0.717. The van der Waals surface area contributed by atoms with Crippen LogP contribution in [0.25, 0.3) is 0 Å². The molecule has 0 radical (unpaired) electrons. The molecule has 1 aromatic rings. The summed E-state index contributed by atoms with van der Waals surface area (Å²) in [5, 5.41) is 14.0. The van der Waals surface area contributed by atoms with E-state index in [2.05, 4.69) is 5.32 Å². The highest BCUT2D eigenvalue weighted by atomic mass is 35.5. The zero-order chi connectivity index (χ0) is 13.0. The smallest absolute Gasteiger partial charge is 0.0715 e. The van der Waals surface area contributed by atoms with E-state index < -0.39 is 0 Å². The van der Waals surface area contributed by atoms with Crippen molar-refractivity contribution in [2.24, 2.45) is 5.92 Å². The van der Waals surface area contributed by atoms with Crippen LogP contribution >= 0.6 is 11.6 Å². The summed E-state index contributed by atoms with van der Waals surface area (Å²) in [6, 6.07) is 5.90. The van der Waals surface area contributed by atoms with E-state index in [9.17, 15) is 5.11 Å². The van der Waals surface area contributed by atoms with Crippen LogP contribution in [0.4, 0.5) is 5.69 Å². The molecule has 0 heterocycles. The first-order valence-electron chi connectivity index (χ1n) is 6.83. The Morgan fingerprint density at radius 2 is 2.11 bits per heavy atom. The van der Waals surface area contributed by atoms with Crippen LogP contribution in [0, 0.1) is 12.8 Å². The monoisotopic (exact) mass is 267 g/mol. The van der Waals surface area contributed by atoms with Gasteiger partial charge in [-0.3, -0.25) is 0 Å². The van der Waals surface area contributed by atoms with E-state index in [4.69, 9.17) is 11.6 Å². The third-order valence-corrected chi connectivity index (χ3v) is 4.06. The number of halogens is 1. The fraction of sp³-hybridized carbons (Fsp3) is 0.600. The maximum atomic E-state index is 10.0. The van der Waals surface area contributed by atoms with E-state index >= 15 is 0 Å². The van der Waals surface area contributed by atoms with E-state index in [1.807, 2.05) is 25.1 Å². The molecule has 0 bridgehead atoms. The lowest BCUT2D eigenvalue weighted by atomic mass is 10.00. The number of benzene rings is 1. The van der Waals surface area contributed by atoms with Gasteiger partial charge in [-0.05, 0) is 37.0 Å². The van der Waals surface area contributed by atoms with Crippen molar-refractivity contribution >= 4 is 17.3 Å². The average Bonchev–Trinajstić information content (AvgIpc) is 2.83. The first kappa shape index (κ1) is 13.7. The molecule has 0 saturated heterocycles. The molecule has 1 saturated carbocycles. The van der Waals surface area contributed by atoms with Gasteiger partial charge in [0.25, 0.3) is 0 Å². The second kappa shape index (κ2) is 6.44. The minimum absolute atomic E-state index is 0.273. The molecule has 1 aliphatic rings. The highest BCUT2D eigenvalue weighted by Crippen LogP contribution is 2.29. The highest BCUT2D eigenvalue weighted by Gasteiger charge is 2.18. The molecule has 1 aliphatic carbocycles. The minimum Gasteiger partial charge on any atom is -0.391 e. The summed E-state index contributed by atoms with van der Waals surface area (Å²) >= 11 is 6.11. The quantitative estimate of drug-likeness (QED) is 0.845. The molecule has 2 nitrogen and oxygen atoms in total. The van der Waals surface area contributed by atoms with Gasteiger partial charge in [-0.1, -0.05) is 43.4 Å². The molecule has 3 heteroatoms. The Morgan fingerprint density at radius 3 is 2.83 bits per heavy atom. The Labute approximate surface area is 114 Å². The Bertz CT molecular complexity index is 388. The van der Waals surface area contributed by atoms with Gasteiger partial charge in [0.05, 0.1) is 16.8 Å². The van der Waals surface area contributed by atoms with Crippen LogP contribution in [0.2, 0.25) is 5.02 Å². The first-order valence-corrected chi connectivity index (χ1v) is 7.21. The number of aliphatic hydroxyl groups is 1. The molecule has 0 aliphatic heterocycles. The lowest BCUT2D eigenvalue weighted by Gasteiger charge is -2.17. The zero-order valence-corrected chi connectivity index (χ0v) is 11.7. The topological polar surface area (TPSA) is 32.3 Å². The van der Waals surface area contributed by atoms with E-state index in [1.165, 1.54) is 31.2 Å². The van der Waals surface area contributed by atoms with E-state index in [0.717, 1.165) is 18.0 Å². The van der Waals surface area contributed by atoms with Crippen LogP contribution in [0.5, 0.6) is 0 Å². The molecule has 18 heavy (non-hydrogen) atoms. The van der Waals surface area contributed by atoms with Crippen molar-refractivity contribution in [3.05, 3.63) is 28.8 Å². The van der Waals surface area contributed by atoms with E-state index in [1.54, 1.807) is 0 Å². The molecule has 2 N–H and O–H groups in total. The summed E-state index contributed by atoms with van der Waals surface area (Å²) in [4.78, 5) is 0. The first-order chi connectivity index (χ1) is 8.65. The largest absolute Gasteiger partial charge is 0.391 e. The van der Waals surface area contributed by atoms with Gasteiger partial charge in [0.15, 0.2) is 0 Å². The summed E-state index contributed by atoms with van der Waals surface area (Å²) in [7, 11) is 0. The van der Waals surface area contributed by atoms with Gasteiger partial charge in [0.1, 0.15) is 0 Å². The summed E-state index contributed by atoms with van der Waals surface area (Å²) < 4.78 is 0. The van der Waals surface area contributed by atoms with Gasteiger partial charge in [0.2, 0.25) is 0 Å². The van der Waals surface area contributed by atoms with Crippen molar-refractivity contribution in [1.29, 1.82) is 0 Å². The highest BCUT2D eigenvalue weighted by molar-refractivity contribution is 6.33. The molecule has 1 unspecified atom stereocenters. The Balaban J connectivity index is 1.81. The van der Waals surface area contributed by atoms with Gasteiger partial charge in [-0.15, -0.1) is 0 Å². The molecule has 1 aromatic carbocycles. The molecule has 0 aromatic heterocycles. The average molecular weight is 268 g/mol. The summed E-state index contributed by atoms with van der Waals surface area (Å²) in [6.07, 6.45) is 5.86. The Kier molecular flexibility index (Phi) is 4.90. The molecule has 0 amide bonds. The maximum absolute atomic E-state index is 10.0. The number of hydrogen-bond acceptors (Lipinski definition) is 2. The third kappa shape index (κ3) is 3.89. The normalized spacial score (nSPS) is 17.9. The van der Waals surface area contributed by atoms with Crippen LogP contribution < -0.4 is 5.32 Å². The fourth-order valence-electron chi connectivity index (χ4n) is 2.72. The molecule has 1 fully saturated rings. The van der Waals surface area contributed by atoms with Crippen molar-refractivity contribution in [2.45, 2.75) is 45.1 Å². The van der Waals surface area contributed by atoms with Crippen LogP contribution in [-0.2, 0) is 0 Å². The zero-order valence-electron chi connectivity index (χ0n) is 11.0. The van der Waals surface area contributed by atoms with Gasteiger partial charge in [0, 0.05) is 6.54 Å². The summed E-state index contributed by atoms with van der Waals surface area (Å²) in [6.45, 7) is 2.62. The SMILES string of the molecule is Cc1ccc(Cl)c(NCC(O)CC2CCCC2)c1. The van der Waals surface area contributed by atoms with Crippen molar-refractivity contribution < 1.29 is 5.11 Å². The number of nitrogens with one attached hydrogen (secondary N) is 1. The van der Waals surface area contributed by atoms with Gasteiger partial charge in [-0.25, -0.2) is 0 Å². The predicted molar refractivity (Wildman–Crippen MR) is 77.3 cm³/mol. The number of hydrogen-bond donors (Lipinski definition) is 2. The number of anilines is 1. The minimum atomic E-state index is -0.273. The predicted octanol–water partition coefficient (Wildman–Crippen LogP) is 4.00. The van der Waals surface area contributed by atoms with E-state index in [-0.39, 0.29) is 6.10 Å². The molecule has 0 spiro atoms. The number of aliphatic hydroxyl groups excluding tert-OH is 1. The molecular formula is C15H22ClNO. The molecule has 2 rings (SSSR count). The fourth-order valence-corrected chi connectivity index (χ4v) is 2.90. The molecule has 1 atom stereocenters. The number of aryl methyl sites for hydroxylation is 1. The lowest BCUT2D eigenvalue weighted by Crippen LogP contribution is -2.22. The van der Waals surface area contributed by atoms with Crippen molar-refractivity contribution in [3.63, 3.8) is 0 Å². The van der Waals surface area contributed by atoms with Gasteiger partial charge < -0.3 is 10.4 Å². The van der Waals surface area contributed by atoms with E-state index in [0.29, 0.717) is 11.6 Å². The van der Waals surface area contributed by atoms with Gasteiger partial charge >= 0.3 is 0 Å². The maximum Gasteiger partial charge on any atom is 0.0715 e. The van der Waals surface area contributed by atoms with Crippen LogP contribution in [0.1, 0.15) is 37.7 Å². The third-order valence-electron chi connectivity index (χ3n) is 3.73. The van der Waals surface area contributed by atoms with Crippen molar-refractivity contribution in [1.82, 2.24) is 0 Å². The van der Waals surface area contributed by atoms with Crippen molar-refractivity contribution in [2.75, 3.05) is 11.9 Å². The summed E-state index contributed by atoms with van der Waals surface area (Å²) in [5.41, 5.74) is 2.09. The second-order valence-electron chi connectivity index (χ2n) is 5.40. The Hall–Kier alpha value is -0.730. The second-order valence-corrected chi connectivity index (χ2v) is 5.81. The van der Waals surface area contributed by atoms with Crippen LogP contribution in [0.3, 0.4) is 0 Å². The van der Waals surface area contributed by atoms with Crippen LogP contribution in [0.15, 0.2) is 18.2 Å². The lowest BCUT2D eigenvalue weighted by molar-refractivity contribution is 0.155. The molecular weight excluding hydrogens is 246 g/mol.